The van der Waals surface area contributed by atoms with E-state index in [1.165, 1.54) is 0 Å². The number of hydrogen-bond donors (Lipinski definition) is 1. The molecule has 0 aliphatic carbocycles. The number of benzene rings is 1. The summed E-state index contributed by atoms with van der Waals surface area (Å²) >= 11 is 0. The summed E-state index contributed by atoms with van der Waals surface area (Å²) in [5.41, 5.74) is 3.39. The lowest BCUT2D eigenvalue weighted by Crippen LogP contribution is -2.23. The second-order valence-corrected chi connectivity index (χ2v) is 8.48. The van der Waals surface area contributed by atoms with Crippen molar-refractivity contribution in [2.45, 2.75) is 46.1 Å². The molecule has 4 heterocycles. The number of aryl methyl sites for hydroxylation is 2. The first-order valence-electron chi connectivity index (χ1n) is 11.9. The van der Waals surface area contributed by atoms with Gasteiger partial charge >= 0.3 is 0 Å². The Morgan fingerprint density at radius 3 is 2.74 bits per heavy atom. The molecular formula is C26H28N6O3. The van der Waals surface area contributed by atoms with Gasteiger partial charge < -0.3 is 14.5 Å². The Labute approximate surface area is 202 Å². The zero-order valence-electron chi connectivity index (χ0n) is 19.9. The molecule has 0 radical (unpaired) electrons. The van der Waals surface area contributed by atoms with Crippen LogP contribution in [0, 0.1) is 6.92 Å². The average Bonchev–Trinajstić information content (AvgIpc) is 3.59. The highest BCUT2D eigenvalue weighted by molar-refractivity contribution is 5.77. The molecule has 0 saturated carbocycles. The molecule has 1 N–H and O–H groups in total. The molecule has 5 aromatic rings. The first-order chi connectivity index (χ1) is 17.1. The van der Waals surface area contributed by atoms with E-state index in [1.54, 1.807) is 4.52 Å². The summed E-state index contributed by atoms with van der Waals surface area (Å²) in [6, 6.07) is 13.7. The van der Waals surface area contributed by atoms with Gasteiger partial charge in [-0.1, -0.05) is 13.3 Å². The number of amides is 1. The molecule has 5 rings (SSSR count). The molecule has 0 atom stereocenters. The van der Waals surface area contributed by atoms with Crippen molar-refractivity contribution in [3.63, 3.8) is 0 Å². The predicted octanol–water partition coefficient (Wildman–Crippen LogP) is 4.37. The normalized spacial score (nSPS) is 11.4. The minimum atomic E-state index is -0.0642. The Balaban J connectivity index is 1.27. The molecule has 0 aliphatic heterocycles. The smallest absolute Gasteiger partial charge is 0.220 e. The average molecular weight is 473 g/mol. The van der Waals surface area contributed by atoms with Gasteiger partial charge in [-0.15, -0.1) is 10.2 Å². The Morgan fingerprint density at radius 2 is 1.97 bits per heavy atom. The van der Waals surface area contributed by atoms with E-state index in [0.717, 1.165) is 59.3 Å². The van der Waals surface area contributed by atoms with Crippen molar-refractivity contribution in [2.75, 3.05) is 6.61 Å². The lowest BCUT2D eigenvalue weighted by molar-refractivity contribution is -0.121. The van der Waals surface area contributed by atoms with E-state index < -0.39 is 0 Å². The Hall–Kier alpha value is -4.14. The molecular weight excluding hydrogens is 444 g/mol. The number of nitrogens with zero attached hydrogens (tertiary/aromatic N) is 5. The molecule has 1 aromatic carbocycles. The van der Waals surface area contributed by atoms with Gasteiger partial charge in [0, 0.05) is 30.8 Å². The maximum Gasteiger partial charge on any atom is 0.220 e. The molecule has 0 saturated heterocycles. The van der Waals surface area contributed by atoms with Crippen LogP contribution in [0.5, 0.6) is 5.75 Å². The second kappa shape index (κ2) is 10.0. The molecule has 9 heteroatoms. The number of carbonyl (C=O) groups excluding carboxylic acids is 1. The first-order valence-corrected chi connectivity index (χ1v) is 11.9. The summed E-state index contributed by atoms with van der Waals surface area (Å²) in [5.74, 6) is 3.08. The number of carbonyl (C=O) groups is 1. The highest BCUT2D eigenvalue weighted by Gasteiger charge is 2.14. The van der Waals surface area contributed by atoms with Gasteiger partial charge in [-0.05, 0) is 55.8 Å². The number of aromatic nitrogens is 5. The minimum Gasteiger partial charge on any atom is -0.494 e. The topological polar surface area (TPSA) is 99.0 Å². The van der Waals surface area contributed by atoms with Crippen LogP contribution >= 0.6 is 0 Å². The standard InChI is InChI=1S/C26H28N6O3/c1-3-4-15-34-20-9-6-19(7-10-20)22-16-23-26-29-28-24(31(26)13-14-32(23)30-22)11-12-25(33)27-17-21-8-5-18(2)35-21/h5-10,13-14,16H,3-4,11-12,15,17H2,1-2H3,(H,27,33). The fourth-order valence-corrected chi connectivity index (χ4v) is 3.91. The Morgan fingerprint density at radius 1 is 1.11 bits per heavy atom. The zero-order chi connectivity index (χ0) is 24.2. The van der Waals surface area contributed by atoms with Crippen molar-refractivity contribution in [3.05, 3.63) is 72.2 Å². The van der Waals surface area contributed by atoms with Crippen molar-refractivity contribution in [1.29, 1.82) is 0 Å². The molecule has 0 spiro atoms. The third-order valence-corrected chi connectivity index (χ3v) is 5.84. The summed E-state index contributed by atoms with van der Waals surface area (Å²) in [6.45, 7) is 5.12. The lowest BCUT2D eigenvalue weighted by atomic mass is 10.1. The third kappa shape index (κ3) is 5.03. The van der Waals surface area contributed by atoms with E-state index in [0.29, 0.717) is 25.0 Å². The molecule has 9 nitrogen and oxygen atoms in total. The SMILES string of the molecule is CCCCOc1ccc(-c2cc3c4nnc(CCC(=O)NCc5ccc(C)o5)n4ccn3n2)cc1. The highest BCUT2D eigenvalue weighted by Crippen LogP contribution is 2.24. The van der Waals surface area contributed by atoms with Gasteiger partial charge in [0.1, 0.15) is 28.6 Å². The predicted molar refractivity (Wildman–Crippen MR) is 131 cm³/mol. The van der Waals surface area contributed by atoms with Crippen LogP contribution in [0.1, 0.15) is 43.5 Å². The molecule has 35 heavy (non-hydrogen) atoms. The van der Waals surface area contributed by atoms with Crippen molar-refractivity contribution in [1.82, 2.24) is 29.5 Å². The van der Waals surface area contributed by atoms with E-state index >= 15 is 0 Å². The number of fused-ring (bicyclic) bond motifs is 3. The van der Waals surface area contributed by atoms with Gasteiger partial charge in [0.15, 0.2) is 5.65 Å². The number of hydrogen-bond acceptors (Lipinski definition) is 6. The first kappa shape index (κ1) is 22.6. The maximum atomic E-state index is 12.3. The molecule has 180 valence electrons. The van der Waals surface area contributed by atoms with Crippen LogP contribution in [0.4, 0.5) is 0 Å². The number of furan rings is 1. The van der Waals surface area contributed by atoms with Gasteiger partial charge in [0.25, 0.3) is 0 Å². The van der Waals surface area contributed by atoms with Gasteiger partial charge in [0.2, 0.25) is 5.91 Å². The van der Waals surface area contributed by atoms with Crippen LogP contribution in [0.2, 0.25) is 0 Å². The molecule has 0 unspecified atom stereocenters. The maximum absolute atomic E-state index is 12.3. The summed E-state index contributed by atoms with van der Waals surface area (Å²) in [4.78, 5) is 12.3. The number of unbranched alkanes of at least 4 members (excludes halogenated alkanes) is 1. The fourth-order valence-electron chi connectivity index (χ4n) is 3.91. The van der Waals surface area contributed by atoms with Crippen molar-refractivity contribution in [2.24, 2.45) is 0 Å². The fraction of sp³-hybridized carbons (Fsp3) is 0.308. The minimum absolute atomic E-state index is 0.0642. The van der Waals surface area contributed by atoms with E-state index in [2.05, 4.69) is 22.4 Å². The van der Waals surface area contributed by atoms with E-state index in [9.17, 15) is 4.79 Å². The summed E-state index contributed by atoms with van der Waals surface area (Å²) in [7, 11) is 0. The second-order valence-electron chi connectivity index (χ2n) is 8.48. The van der Waals surface area contributed by atoms with Gasteiger partial charge in [0.05, 0.1) is 18.8 Å². The molecule has 0 bridgehead atoms. The molecule has 0 aliphatic rings. The monoisotopic (exact) mass is 472 g/mol. The Kier molecular flexibility index (Phi) is 6.47. The van der Waals surface area contributed by atoms with E-state index in [4.69, 9.17) is 14.3 Å². The van der Waals surface area contributed by atoms with Gasteiger partial charge in [-0.2, -0.15) is 5.10 Å². The Bertz CT molecular complexity index is 1450. The molecule has 1 amide bonds. The van der Waals surface area contributed by atoms with Crippen LogP contribution in [-0.4, -0.2) is 36.7 Å². The van der Waals surface area contributed by atoms with Crippen LogP contribution in [-0.2, 0) is 17.8 Å². The summed E-state index contributed by atoms with van der Waals surface area (Å²) < 4.78 is 15.0. The highest BCUT2D eigenvalue weighted by atomic mass is 16.5. The van der Waals surface area contributed by atoms with Crippen LogP contribution in [0.15, 0.2) is 59.3 Å². The van der Waals surface area contributed by atoms with E-state index in [1.807, 2.05) is 66.2 Å². The van der Waals surface area contributed by atoms with E-state index in [-0.39, 0.29) is 5.91 Å². The van der Waals surface area contributed by atoms with Gasteiger partial charge in [-0.25, -0.2) is 4.52 Å². The zero-order valence-corrected chi connectivity index (χ0v) is 19.9. The number of nitrogens with one attached hydrogen (secondary N) is 1. The lowest BCUT2D eigenvalue weighted by Gasteiger charge is -2.05. The van der Waals surface area contributed by atoms with Crippen LogP contribution in [0.3, 0.4) is 0 Å². The van der Waals surface area contributed by atoms with Crippen LogP contribution in [0.25, 0.3) is 22.4 Å². The largest absolute Gasteiger partial charge is 0.494 e. The van der Waals surface area contributed by atoms with Gasteiger partial charge in [-0.3, -0.25) is 9.20 Å². The summed E-state index contributed by atoms with van der Waals surface area (Å²) in [6.07, 6.45) is 6.68. The molecule has 4 aromatic heterocycles. The third-order valence-electron chi connectivity index (χ3n) is 5.84. The quantitative estimate of drug-likeness (QED) is 0.303. The summed E-state index contributed by atoms with van der Waals surface area (Å²) in [5, 5.41) is 16.3. The van der Waals surface area contributed by atoms with Crippen molar-refractivity contribution < 1.29 is 13.9 Å². The van der Waals surface area contributed by atoms with Crippen LogP contribution < -0.4 is 10.1 Å². The number of ether oxygens (including phenoxy) is 1. The van der Waals surface area contributed by atoms with Crippen molar-refractivity contribution >= 4 is 17.1 Å². The van der Waals surface area contributed by atoms with Crippen molar-refractivity contribution in [3.8, 4) is 17.0 Å². The molecule has 0 fully saturated rings. The number of rotatable bonds is 10.